The summed E-state index contributed by atoms with van der Waals surface area (Å²) in [6.07, 6.45) is 4.37. The number of aromatic amines is 1. The lowest BCUT2D eigenvalue weighted by molar-refractivity contribution is -0.121. The Labute approximate surface area is 160 Å². The molecular formula is C23H28N2O2. The van der Waals surface area contributed by atoms with Gasteiger partial charge in [0.25, 0.3) is 0 Å². The highest BCUT2D eigenvalue weighted by atomic mass is 16.5. The number of H-pyrrole nitrogens is 1. The van der Waals surface area contributed by atoms with Crippen molar-refractivity contribution in [3.63, 3.8) is 0 Å². The number of benzene rings is 2. The summed E-state index contributed by atoms with van der Waals surface area (Å²) in [7, 11) is 1.67. The first-order chi connectivity index (χ1) is 13.2. The number of rotatable bonds is 8. The van der Waals surface area contributed by atoms with Crippen molar-refractivity contribution in [2.45, 2.75) is 39.0 Å². The molecule has 1 heterocycles. The molecule has 0 saturated heterocycles. The topological polar surface area (TPSA) is 54.1 Å². The molecule has 1 amide bonds. The number of hydrogen-bond acceptors (Lipinski definition) is 2. The Morgan fingerprint density at radius 1 is 1.19 bits per heavy atom. The van der Waals surface area contributed by atoms with E-state index in [9.17, 15) is 4.79 Å². The van der Waals surface area contributed by atoms with Crippen molar-refractivity contribution < 1.29 is 9.53 Å². The minimum Gasteiger partial charge on any atom is -0.497 e. The number of nitrogens with one attached hydrogen (secondary N) is 2. The van der Waals surface area contributed by atoms with Gasteiger partial charge >= 0.3 is 0 Å². The number of aryl methyl sites for hydroxylation is 1. The Kier molecular flexibility index (Phi) is 6.17. The van der Waals surface area contributed by atoms with Gasteiger partial charge in [-0.2, -0.15) is 0 Å². The fraction of sp³-hybridized carbons (Fsp3) is 0.348. The predicted molar refractivity (Wildman–Crippen MR) is 110 cm³/mol. The largest absolute Gasteiger partial charge is 0.497 e. The van der Waals surface area contributed by atoms with Gasteiger partial charge in [-0.15, -0.1) is 0 Å². The molecule has 0 bridgehead atoms. The van der Waals surface area contributed by atoms with Crippen LogP contribution in [0.2, 0.25) is 0 Å². The third-order valence-corrected chi connectivity index (χ3v) is 5.05. The van der Waals surface area contributed by atoms with Crippen LogP contribution in [0.5, 0.6) is 5.75 Å². The average Bonchev–Trinajstić information content (AvgIpc) is 3.14. The lowest BCUT2D eigenvalue weighted by Crippen LogP contribution is -2.26. The number of ether oxygens (including phenoxy) is 1. The van der Waals surface area contributed by atoms with Crippen molar-refractivity contribution >= 4 is 16.8 Å². The first kappa shape index (κ1) is 19.0. The van der Waals surface area contributed by atoms with Gasteiger partial charge in [0, 0.05) is 36.0 Å². The van der Waals surface area contributed by atoms with Gasteiger partial charge < -0.3 is 15.0 Å². The van der Waals surface area contributed by atoms with E-state index in [0.29, 0.717) is 13.0 Å². The van der Waals surface area contributed by atoms with Crippen LogP contribution in [0.15, 0.2) is 48.7 Å². The summed E-state index contributed by atoms with van der Waals surface area (Å²) < 4.78 is 5.41. The highest BCUT2D eigenvalue weighted by Gasteiger charge is 2.22. The SMILES string of the molecule is CCCNC(=O)CC(c1cccc(OC)c1)c1c[nH]c2c(CC)cccc12. The Morgan fingerprint density at radius 3 is 2.74 bits per heavy atom. The number of carbonyl (C=O) groups is 1. The summed E-state index contributed by atoms with van der Waals surface area (Å²) in [5.74, 6) is 0.851. The number of aromatic nitrogens is 1. The standard InChI is InChI=1S/C23H28N2O2/c1-4-12-24-22(26)14-20(17-9-6-10-18(13-17)27-3)21-15-25-23-16(5-2)8-7-11-19(21)23/h6-11,13,15,20,25H,4-5,12,14H2,1-3H3,(H,24,26). The molecule has 0 fully saturated rings. The van der Waals surface area contributed by atoms with E-state index >= 15 is 0 Å². The number of hydrogen-bond donors (Lipinski definition) is 2. The van der Waals surface area contributed by atoms with Gasteiger partial charge in [0.2, 0.25) is 5.91 Å². The molecule has 3 rings (SSSR count). The lowest BCUT2D eigenvalue weighted by Gasteiger charge is -2.18. The monoisotopic (exact) mass is 364 g/mol. The molecule has 0 saturated carbocycles. The zero-order valence-electron chi connectivity index (χ0n) is 16.3. The number of fused-ring (bicyclic) bond motifs is 1. The van der Waals surface area contributed by atoms with Crippen molar-refractivity contribution in [1.82, 2.24) is 10.3 Å². The molecule has 2 N–H and O–H groups in total. The normalized spacial score (nSPS) is 12.1. The Bertz CT molecular complexity index is 914. The molecule has 0 spiro atoms. The van der Waals surface area contributed by atoms with Crippen LogP contribution < -0.4 is 10.1 Å². The van der Waals surface area contributed by atoms with Crippen LogP contribution in [-0.4, -0.2) is 24.5 Å². The Morgan fingerprint density at radius 2 is 2.00 bits per heavy atom. The summed E-state index contributed by atoms with van der Waals surface area (Å²) in [6.45, 7) is 4.93. The van der Waals surface area contributed by atoms with Crippen molar-refractivity contribution in [3.05, 3.63) is 65.4 Å². The molecular weight excluding hydrogens is 336 g/mol. The molecule has 3 aromatic rings. The van der Waals surface area contributed by atoms with Gasteiger partial charge in [-0.25, -0.2) is 0 Å². The first-order valence-corrected chi connectivity index (χ1v) is 9.67. The smallest absolute Gasteiger partial charge is 0.220 e. The van der Waals surface area contributed by atoms with E-state index < -0.39 is 0 Å². The van der Waals surface area contributed by atoms with E-state index in [1.54, 1.807) is 7.11 Å². The van der Waals surface area contributed by atoms with Gasteiger partial charge in [-0.1, -0.05) is 44.2 Å². The minimum atomic E-state index is -0.0298. The summed E-state index contributed by atoms with van der Waals surface area (Å²) >= 11 is 0. The third-order valence-electron chi connectivity index (χ3n) is 5.05. The Balaban J connectivity index is 2.05. The van der Waals surface area contributed by atoms with Crippen molar-refractivity contribution in [2.24, 2.45) is 0 Å². The summed E-state index contributed by atoms with van der Waals surface area (Å²) in [5.41, 5.74) is 4.69. The van der Waals surface area contributed by atoms with Crippen LogP contribution in [0.25, 0.3) is 10.9 Å². The van der Waals surface area contributed by atoms with E-state index in [1.807, 2.05) is 18.2 Å². The molecule has 1 aromatic heterocycles. The molecule has 0 aliphatic carbocycles. The molecule has 2 aromatic carbocycles. The van der Waals surface area contributed by atoms with Crippen LogP contribution in [0.4, 0.5) is 0 Å². The fourth-order valence-corrected chi connectivity index (χ4v) is 3.61. The number of carbonyl (C=O) groups excluding carboxylic acids is 1. The van der Waals surface area contributed by atoms with Crippen molar-refractivity contribution in [3.8, 4) is 5.75 Å². The molecule has 4 heteroatoms. The second kappa shape index (κ2) is 8.76. The quantitative estimate of drug-likeness (QED) is 0.604. The third kappa shape index (κ3) is 4.16. The lowest BCUT2D eigenvalue weighted by atomic mass is 9.87. The maximum Gasteiger partial charge on any atom is 0.220 e. The summed E-state index contributed by atoms with van der Waals surface area (Å²) in [4.78, 5) is 16.0. The minimum absolute atomic E-state index is 0.0298. The van der Waals surface area contributed by atoms with E-state index in [2.05, 4.69) is 54.6 Å². The predicted octanol–water partition coefficient (Wildman–Crippen LogP) is 4.79. The molecule has 142 valence electrons. The zero-order chi connectivity index (χ0) is 19.2. The van der Waals surface area contributed by atoms with E-state index in [1.165, 1.54) is 10.9 Å². The number of para-hydroxylation sites is 1. The summed E-state index contributed by atoms with van der Waals surface area (Å²) in [6, 6.07) is 14.4. The van der Waals surface area contributed by atoms with Crippen molar-refractivity contribution in [2.75, 3.05) is 13.7 Å². The highest BCUT2D eigenvalue weighted by Crippen LogP contribution is 2.35. The molecule has 0 radical (unpaired) electrons. The second-order valence-electron chi connectivity index (χ2n) is 6.82. The fourth-order valence-electron chi connectivity index (χ4n) is 3.61. The van der Waals surface area contributed by atoms with Crippen LogP contribution in [0.3, 0.4) is 0 Å². The number of amides is 1. The van der Waals surface area contributed by atoms with Gasteiger partial charge in [0.1, 0.15) is 5.75 Å². The molecule has 0 aliphatic rings. The van der Waals surface area contributed by atoms with Gasteiger partial charge in [-0.05, 0) is 41.7 Å². The maximum atomic E-state index is 12.5. The van der Waals surface area contributed by atoms with Gasteiger partial charge in [0.05, 0.1) is 7.11 Å². The van der Waals surface area contributed by atoms with Gasteiger partial charge in [-0.3, -0.25) is 4.79 Å². The van der Waals surface area contributed by atoms with E-state index in [0.717, 1.165) is 35.2 Å². The Hall–Kier alpha value is -2.75. The molecule has 0 aliphatic heterocycles. The van der Waals surface area contributed by atoms with Crippen LogP contribution >= 0.6 is 0 Å². The molecule has 1 atom stereocenters. The zero-order valence-corrected chi connectivity index (χ0v) is 16.3. The molecule has 27 heavy (non-hydrogen) atoms. The highest BCUT2D eigenvalue weighted by molar-refractivity contribution is 5.88. The van der Waals surface area contributed by atoms with Gasteiger partial charge in [0.15, 0.2) is 0 Å². The average molecular weight is 364 g/mol. The summed E-state index contributed by atoms with van der Waals surface area (Å²) in [5, 5.41) is 4.20. The number of methoxy groups -OCH3 is 1. The van der Waals surface area contributed by atoms with E-state index in [4.69, 9.17) is 4.74 Å². The molecule has 4 nitrogen and oxygen atoms in total. The van der Waals surface area contributed by atoms with E-state index in [-0.39, 0.29) is 11.8 Å². The van der Waals surface area contributed by atoms with Crippen LogP contribution in [0.1, 0.15) is 49.3 Å². The first-order valence-electron chi connectivity index (χ1n) is 9.67. The molecule has 1 unspecified atom stereocenters. The van der Waals surface area contributed by atoms with Crippen LogP contribution in [-0.2, 0) is 11.2 Å². The van der Waals surface area contributed by atoms with Crippen LogP contribution in [0, 0.1) is 0 Å². The second-order valence-corrected chi connectivity index (χ2v) is 6.82. The maximum absolute atomic E-state index is 12.5. The van der Waals surface area contributed by atoms with Crippen molar-refractivity contribution in [1.29, 1.82) is 0 Å².